The van der Waals surface area contributed by atoms with Gasteiger partial charge in [-0.25, -0.2) is 0 Å². The molecule has 4 heteroatoms. The molecule has 23 heavy (non-hydrogen) atoms. The summed E-state index contributed by atoms with van der Waals surface area (Å²) in [6, 6.07) is 14.9. The molecule has 0 fully saturated rings. The summed E-state index contributed by atoms with van der Waals surface area (Å²) < 4.78 is 5.60. The molecule has 122 valence electrons. The van der Waals surface area contributed by atoms with Gasteiger partial charge in [0.1, 0.15) is 5.75 Å². The zero-order valence-electron chi connectivity index (χ0n) is 13.6. The molecule has 0 heterocycles. The smallest absolute Gasteiger partial charge is 0.251 e. The van der Waals surface area contributed by atoms with Gasteiger partial charge in [-0.05, 0) is 55.7 Å². The van der Waals surface area contributed by atoms with Crippen LogP contribution in [0.15, 0.2) is 48.5 Å². The Balaban J connectivity index is 1.80. The predicted molar refractivity (Wildman–Crippen MR) is 90.6 cm³/mol. The van der Waals surface area contributed by atoms with Crippen LogP contribution in [0.2, 0.25) is 0 Å². The minimum atomic E-state index is -0.103. The van der Waals surface area contributed by atoms with Crippen molar-refractivity contribution in [3.05, 3.63) is 65.2 Å². The Morgan fingerprint density at radius 1 is 1.04 bits per heavy atom. The fourth-order valence-electron chi connectivity index (χ4n) is 2.19. The third-order valence-electron chi connectivity index (χ3n) is 3.39. The van der Waals surface area contributed by atoms with Gasteiger partial charge in [-0.3, -0.25) is 4.79 Å². The molecule has 0 aliphatic carbocycles. The summed E-state index contributed by atoms with van der Waals surface area (Å²) in [5.74, 6) is 0.756. The second-order valence-electron chi connectivity index (χ2n) is 5.67. The molecule has 0 radical (unpaired) electrons. The molecular formula is C19H23NO3. The molecule has 0 saturated carbocycles. The third kappa shape index (κ3) is 5.42. The standard InChI is InChI=1S/C19H23NO3/c1-14(2)23-18-9-5-15(6-10-18)11-12-20-19(22)17-7-3-16(13-21)4-8-17/h3-10,14,21H,11-13H2,1-2H3,(H,20,22). The highest BCUT2D eigenvalue weighted by Crippen LogP contribution is 2.14. The first-order chi connectivity index (χ1) is 11.1. The van der Waals surface area contributed by atoms with E-state index in [9.17, 15) is 4.79 Å². The van der Waals surface area contributed by atoms with Gasteiger partial charge in [0.2, 0.25) is 0 Å². The van der Waals surface area contributed by atoms with Crippen LogP contribution < -0.4 is 10.1 Å². The van der Waals surface area contributed by atoms with Crippen LogP contribution in [0, 0.1) is 0 Å². The summed E-state index contributed by atoms with van der Waals surface area (Å²) in [6.45, 7) is 4.55. The maximum atomic E-state index is 12.0. The van der Waals surface area contributed by atoms with Gasteiger partial charge in [0.05, 0.1) is 12.7 Å². The summed E-state index contributed by atoms with van der Waals surface area (Å²) in [5.41, 5.74) is 2.55. The van der Waals surface area contributed by atoms with E-state index in [0.717, 1.165) is 23.3 Å². The van der Waals surface area contributed by atoms with Gasteiger partial charge in [-0.1, -0.05) is 24.3 Å². The van der Waals surface area contributed by atoms with E-state index in [4.69, 9.17) is 9.84 Å². The molecule has 0 bridgehead atoms. The fourth-order valence-corrected chi connectivity index (χ4v) is 2.19. The first-order valence-corrected chi connectivity index (χ1v) is 7.82. The highest BCUT2D eigenvalue weighted by atomic mass is 16.5. The minimum absolute atomic E-state index is 0.0155. The van der Waals surface area contributed by atoms with Crippen molar-refractivity contribution in [2.75, 3.05) is 6.54 Å². The lowest BCUT2D eigenvalue weighted by atomic mass is 10.1. The number of hydrogen-bond acceptors (Lipinski definition) is 3. The van der Waals surface area contributed by atoms with E-state index in [2.05, 4.69) is 5.32 Å². The second kappa shape index (κ2) is 8.34. The summed E-state index contributed by atoms with van der Waals surface area (Å²) in [5, 5.41) is 11.9. The molecule has 0 unspecified atom stereocenters. The normalized spacial score (nSPS) is 10.6. The van der Waals surface area contributed by atoms with Crippen LogP contribution in [0.3, 0.4) is 0 Å². The van der Waals surface area contributed by atoms with Gasteiger partial charge >= 0.3 is 0 Å². The number of hydrogen-bond donors (Lipinski definition) is 2. The van der Waals surface area contributed by atoms with E-state index < -0.39 is 0 Å². The van der Waals surface area contributed by atoms with Crippen molar-refractivity contribution < 1.29 is 14.6 Å². The van der Waals surface area contributed by atoms with E-state index in [1.54, 1.807) is 24.3 Å². The second-order valence-corrected chi connectivity index (χ2v) is 5.67. The van der Waals surface area contributed by atoms with E-state index >= 15 is 0 Å². The topological polar surface area (TPSA) is 58.6 Å². The van der Waals surface area contributed by atoms with Gasteiger partial charge in [0.25, 0.3) is 5.91 Å². The Labute approximate surface area is 137 Å². The third-order valence-corrected chi connectivity index (χ3v) is 3.39. The lowest BCUT2D eigenvalue weighted by Crippen LogP contribution is -2.25. The van der Waals surface area contributed by atoms with Crippen molar-refractivity contribution >= 4 is 5.91 Å². The number of aliphatic hydroxyl groups is 1. The average molecular weight is 313 g/mol. The number of carbonyl (C=O) groups excluding carboxylic acids is 1. The zero-order chi connectivity index (χ0) is 16.7. The van der Waals surface area contributed by atoms with Crippen molar-refractivity contribution in [2.24, 2.45) is 0 Å². The number of aliphatic hydroxyl groups excluding tert-OH is 1. The number of amides is 1. The Morgan fingerprint density at radius 2 is 1.65 bits per heavy atom. The molecule has 1 amide bonds. The Hall–Kier alpha value is -2.33. The van der Waals surface area contributed by atoms with Crippen molar-refractivity contribution in [3.63, 3.8) is 0 Å². The molecule has 2 rings (SSSR count). The Bertz CT molecular complexity index is 618. The van der Waals surface area contributed by atoms with Crippen molar-refractivity contribution in [1.29, 1.82) is 0 Å². The molecule has 2 aromatic rings. The number of benzene rings is 2. The van der Waals surface area contributed by atoms with Crippen molar-refractivity contribution in [2.45, 2.75) is 33.0 Å². The van der Waals surface area contributed by atoms with Crippen LogP contribution in [0.1, 0.15) is 35.3 Å². The summed E-state index contributed by atoms with van der Waals surface area (Å²) in [4.78, 5) is 12.0. The van der Waals surface area contributed by atoms with Crippen LogP contribution >= 0.6 is 0 Å². The van der Waals surface area contributed by atoms with Crippen molar-refractivity contribution in [1.82, 2.24) is 5.32 Å². The highest BCUT2D eigenvalue weighted by Gasteiger charge is 2.05. The molecule has 0 aliphatic heterocycles. The van der Waals surface area contributed by atoms with E-state index in [1.807, 2.05) is 38.1 Å². The molecule has 0 saturated heterocycles. The maximum Gasteiger partial charge on any atom is 0.251 e. The van der Waals surface area contributed by atoms with Crippen LogP contribution in [0.4, 0.5) is 0 Å². The van der Waals surface area contributed by atoms with Gasteiger partial charge in [-0.15, -0.1) is 0 Å². The summed E-state index contributed by atoms with van der Waals surface area (Å²) in [6.07, 6.45) is 0.931. The van der Waals surface area contributed by atoms with Crippen LogP contribution in [0.25, 0.3) is 0 Å². The molecule has 2 N–H and O–H groups in total. The summed E-state index contributed by atoms with van der Waals surface area (Å²) >= 11 is 0. The average Bonchev–Trinajstić information content (AvgIpc) is 2.56. The van der Waals surface area contributed by atoms with Crippen LogP contribution in [-0.2, 0) is 13.0 Å². The summed E-state index contributed by atoms with van der Waals surface area (Å²) in [7, 11) is 0. The van der Waals surface area contributed by atoms with E-state index in [-0.39, 0.29) is 18.6 Å². The van der Waals surface area contributed by atoms with Gasteiger partial charge in [0.15, 0.2) is 0 Å². The SMILES string of the molecule is CC(C)Oc1ccc(CCNC(=O)c2ccc(CO)cc2)cc1. The Kier molecular flexibility index (Phi) is 6.18. The van der Waals surface area contributed by atoms with Crippen molar-refractivity contribution in [3.8, 4) is 5.75 Å². The Morgan fingerprint density at radius 3 is 2.22 bits per heavy atom. The number of rotatable bonds is 7. The molecular weight excluding hydrogens is 290 g/mol. The quantitative estimate of drug-likeness (QED) is 0.826. The van der Waals surface area contributed by atoms with Gasteiger partial charge in [0, 0.05) is 12.1 Å². The van der Waals surface area contributed by atoms with Gasteiger partial charge in [-0.2, -0.15) is 0 Å². The molecule has 0 aromatic heterocycles. The molecule has 2 aromatic carbocycles. The number of nitrogens with one attached hydrogen (secondary N) is 1. The first kappa shape index (κ1) is 17.0. The number of ether oxygens (including phenoxy) is 1. The maximum absolute atomic E-state index is 12.0. The monoisotopic (exact) mass is 313 g/mol. The lowest BCUT2D eigenvalue weighted by Gasteiger charge is -2.10. The minimum Gasteiger partial charge on any atom is -0.491 e. The van der Waals surface area contributed by atoms with Crippen LogP contribution in [0.5, 0.6) is 5.75 Å². The van der Waals surface area contributed by atoms with Gasteiger partial charge < -0.3 is 15.2 Å². The highest BCUT2D eigenvalue weighted by molar-refractivity contribution is 5.94. The molecule has 0 aliphatic rings. The largest absolute Gasteiger partial charge is 0.491 e. The van der Waals surface area contributed by atoms with Crippen LogP contribution in [-0.4, -0.2) is 23.7 Å². The first-order valence-electron chi connectivity index (χ1n) is 7.82. The van der Waals surface area contributed by atoms with E-state index in [1.165, 1.54) is 0 Å². The fraction of sp³-hybridized carbons (Fsp3) is 0.316. The molecule has 4 nitrogen and oxygen atoms in total. The molecule has 0 atom stereocenters. The lowest BCUT2D eigenvalue weighted by molar-refractivity contribution is 0.0954. The zero-order valence-corrected chi connectivity index (χ0v) is 13.6. The number of carbonyl (C=O) groups is 1. The molecule has 0 spiro atoms. The van der Waals surface area contributed by atoms with E-state index in [0.29, 0.717) is 12.1 Å². The predicted octanol–water partition coefficient (Wildman–Crippen LogP) is 2.94.